The average molecular weight is 221 g/mol. The molecule has 0 saturated carbocycles. The van der Waals surface area contributed by atoms with E-state index in [0.717, 1.165) is 6.07 Å². The Balaban J connectivity index is 3.42. The minimum atomic E-state index is -3.15. The van der Waals surface area contributed by atoms with Crippen molar-refractivity contribution >= 4 is 5.69 Å². The molecular weight excluding hydrogens is 215 g/mol. The normalized spacial score (nSPS) is 10.7. The van der Waals surface area contributed by atoms with Crippen LogP contribution in [-0.2, 0) is 6.54 Å². The topological polar surface area (TPSA) is 82.0 Å². The van der Waals surface area contributed by atoms with Crippen LogP contribution in [0.3, 0.4) is 0 Å². The van der Waals surface area contributed by atoms with Gasteiger partial charge < -0.3 is 5.73 Å². The first-order valence-corrected chi connectivity index (χ1v) is 3.79. The Bertz CT molecular complexity index is 397. The summed E-state index contributed by atoms with van der Waals surface area (Å²) in [6.07, 6.45) is -3.15. The molecule has 2 N–H and O–H groups in total. The van der Waals surface area contributed by atoms with E-state index in [1.807, 2.05) is 0 Å². The second-order valence-electron chi connectivity index (χ2n) is 2.60. The second kappa shape index (κ2) is 4.22. The molecule has 0 aliphatic heterocycles. The van der Waals surface area contributed by atoms with Gasteiger partial charge in [0.2, 0.25) is 0 Å². The molecule has 0 atom stereocenters. The predicted molar refractivity (Wildman–Crippen MR) is 43.7 cm³/mol. The quantitative estimate of drug-likeness (QED) is 0.476. The Morgan fingerprint density at radius 2 is 2.20 bits per heavy atom. The van der Waals surface area contributed by atoms with Gasteiger partial charge in [-0.25, -0.2) is 13.8 Å². The van der Waals surface area contributed by atoms with E-state index in [0.29, 0.717) is 0 Å². The van der Waals surface area contributed by atoms with Gasteiger partial charge in [-0.2, -0.15) is 4.39 Å². The van der Waals surface area contributed by atoms with Crippen LogP contribution in [0.1, 0.15) is 17.7 Å². The van der Waals surface area contributed by atoms with Gasteiger partial charge in [0.05, 0.1) is 10.6 Å². The van der Waals surface area contributed by atoms with Crippen LogP contribution < -0.4 is 5.73 Å². The van der Waals surface area contributed by atoms with Crippen LogP contribution >= 0.6 is 0 Å². The zero-order valence-corrected chi connectivity index (χ0v) is 7.28. The Labute approximate surface area is 81.9 Å². The zero-order chi connectivity index (χ0) is 11.6. The molecule has 0 radical (unpaired) electrons. The summed E-state index contributed by atoms with van der Waals surface area (Å²) in [5.74, 6) is -1.54. The summed E-state index contributed by atoms with van der Waals surface area (Å²) in [7, 11) is 0. The summed E-state index contributed by atoms with van der Waals surface area (Å²) in [6.45, 7) is -0.269. The number of pyridine rings is 1. The number of alkyl halides is 2. The Morgan fingerprint density at radius 3 is 2.60 bits per heavy atom. The molecular formula is C7H6F3N3O2. The molecule has 0 fully saturated rings. The molecule has 82 valence electrons. The number of aromatic nitrogens is 1. The highest BCUT2D eigenvalue weighted by Crippen LogP contribution is 2.30. The Kier molecular flexibility index (Phi) is 3.20. The SMILES string of the molecule is NCc1cc(C(F)F)c([N+](=O)[O-])c(F)n1. The van der Waals surface area contributed by atoms with Crippen molar-refractivity contribution < 1.29 is 18.1 Å². The van der Waals surface area contributed by atoms with Crippen LogP contribution in [0.15, 0.2) is 6.07 Å². The van der Waals surface area contributed by atoms with E-state index in [-0.39, 0.29) is 12.2 Å². The second-order valence-corrected chi connectivity index (χ2v) is 2.60. The van der Waals surface area contributed by atoms with E-state index in [1.165, 1.54) is 0 Å². The van der Waals surface area contributed by atoms with Gasteiger partial charge in [-0.15, -0.1) is 0 Å². The maximum absolute atomic E-state index is 13.0. The van der Waals surface area contributed by atoms with E-state index in [4.69, 9.17) is 5.73 Å². The molecule has 8 heteroatoms. The lowest BCUT2D eigenvalue weighted by Gasteiger charge is -2.04. The number of nitrogens with zero attached hydrogens (tertiary/aromatic N) is 2. The van der Waals surface area contributed by atoms with Crippen LogP contribution in [0, 0.1) is 16.1 Å². The van der Waals surface area contributed by atoms with Gasteiger partial charge in [-0.3, -0.25) is 10.1 Å². The highest BCUT2D eigenvalue weighted by atomic mass is 19.3. The summed E-state index contributed by atoms with van der Waals surface area (Å²) in [6, 6.07) is 0.728. The van der Waals surface area contributed by atoms with Crippen molar-refractivity contribution in [2.45, 2.75) is 13.0 Å². The van der Waals surface area contributed by atoms with Gasteiger partial charge in [-0.1, -0.05) is 0 Å². The Hall–Kier alpha value is -1.70. The van der Waals surface area contributed by atoms with Crippen molar-refractivity contribution in [1.29, 1.82) is 0 Å². The van der Waals surface area contributed by atoms with E-state index in [2.05, 4.69) is 4.98 Å². The predicted octanol–water partition coefficient (Wildman–Crippen LogP) is 1.53. The van der Waals surface area contributed by atoms with Crippen molar-refractivity contribution in [3.05, 3.63) is 33.4 Å². The highest BCUT2D eigenvalue weighted by Gasteiger charge is 2.28. The number of nitro groups is 1. The molecule has 15 heavy (non-hydrogen) atoms. The van der Waals surface area contributed by atoms with E-state index < -0.39 is 28.5 Å². The van der Waals surface area contributed by atoms with Crippen molar-refractivity contribution in [3.8, 4) is 0 Å². The molecule has 1 aromatic heterocycles. The molecule has 1 rings (SSSR count). The fraction of sp³-hybridized carbons (Fsp3) is 0.286. The number of halogens is 3. The third-order valence-electron chi connectivity index (χ3n) is 1.66. The van der Waals surface area contributed by atoms with Gasteiger partial charge in [0, 0.05) is 6.54 Å². The standard InChI is InChI=1S/C7H6F3N3O2/c8-6(9)4-1-3(2-11)12-7(10)5(4)13(14)15/h1,6H,2,11H2. The number of hydrogen-bond donors (Lipinski definition) is 1. The van der Waals surface area contributed by atoms with Crippen LogP contribution in [0.25, 0.3) is 0 Å². The molecule has 1 aromatic rings. The fourth-order valence-corrected chi connectivity index (χ4v) is 1.03. The minimum absolute atomic E-state index is 0.159. The van der Waals surface area contributed by atoms with Crippen molar-refractivity contribution in [3.63, 3.8) is 0 Å². The third-order valence-corrected chi connectivity index (χ3v) is 1.66. The summed E-state index contributed by atoms with van der Waals surface area (Å²) < 4.78 is 37.7. The lowest BCUT2D eigenvalue weighted by atomic mass is 10.2. The lowest BCUT2D eigenvalue weighted by molar-refractivity contribution is -0.389. The average Bonchev–Trinajstić information content (AvgIpc) is 2.15. The van der Waals surface area contributed by atoms with Gasteiger partial charge >= 0.3 is 5.69 Å². The summed E-state index contributed by atoms with van der Waals surface area (Å²) in [5.41, 5.74) is 2.60. The molecule has 5 nitrogen and oxygen atoms in total. The molecule has 0 aliphatic carbocycles. The smallest absolute Gasteiger partial charge is 0.325 e. The molecule has 0 unspecified atom stereocenters. The molecule has 0 saturated heterocycles. The lowest BCUT2D eigenvalue weighted by Crippen LogP contribution is -2.07. The molecule has 1 heterocycles. The molecule has 0 aliphatic rings. The van der Waals surface area contributed by atoms with Gasteiger partial charge in [0.1, 0.15) is 5.56 Å². The zero-order valence-electron chi connectivity index (χ0n) is 7.28. The number of rotatable bonds is 3. The van der Waals surface area contributed by atoms with E-state index in [1.54, 1.807) is 0 Å². The van der Waals surface area contributed by atoms with Gasteiger partial charge in [-0.05, 0) is 6.07 Å². The first-order valence-electron chi connectivity index (χ1n) is 3.79. The maximum atomic E-state index is 13.0. The van der Waals surface area contributed by atoms with Gasteiger partial charge in [0.15, 0.2) is 0 Å². The largest absolute Gasteiger partial charge is 0.332 e. The third kappa shape index (κ3) is 2.21. The van der Waals surface area contributed by atoms with Crippen molar-refractivity contribution in [2.24, 2.45) is 5.73 Å². The summed E-state index contributed by atoms with van der Waals surface area (Å²) in [4.78, 5) is 12.2. The first-order chi connectivity index (χ1) is 6.97. The number of hydrogen-bond acceptors (Lipinski definition) is 4. The highest BCUT2D eigenvalue weighted by molar-refractivity contribution is 5.41. The summed E-state index contributed by atoms with van der Waals surface area (Å²) in [5, 5.41) is 10.3. The van der Waals surface area contributed by atoms with Crippen LogP contribution in [0.5, 0.6) is 0 Å². The molecule has 0 amide bonds. The van der Waals surface area contributed by atoms with Gasteiger partial charge in [0.25, 0.3) is 12.4 Å². The van der Waals surface area contributed by atoms with Crippen molar-refractivity contribution in [1.82, 2.24) is 4.98 Å². The monoisotopic (exact) mass is 221 g/mol. The minimum Gasteiger partial charge on any atom is -0.325 e. The van der Waals surface area contributed by atoms with Crippen LogP contribution in [0.4, 0.5) is 18.9 Å². The molecule has 0 aromatic carbocycles. The summed E-state index contributed by atoms with van der Waals surface area (Å²) >= 11 is 0. The van der Waals surface area contributed by atoms with Crippen LogP contribution in [-0.4, -0.2) is 9.91 Å². The Morgan fingerprint density at radius 1 is 1.60 bits per heavy atom. The van der Waals surface area contributed by atoms with Crippen LogP contribution in [0.2, 0.25) is 0 Å². The van der Waals surface area contributed by atoms with E-state index in [9.17, 15) is 23.3 Å². The van der Waals surface area contributed by atoms with E-state index >= 15 is 0 Å². The number of nitrogens with two attached hydrogens (primary N) is 1. The fourth-order valence-electron chi connectivity index (χ4n) is 1.03. The first kappa shape index (κ1) is 11.4. The molecule has 0 spiro atoms. The molecule has 0 bridgehead atoms. The van der Waals surface area contributed by atoms with Crippen molar-refractivity contribution in [2.75, 3.05) is 0 Å². The maximum Gasteiger partial charge on any atom is 0.332 e.